The summed E-state index contributed by atoms with van der Waals surface area (Å²) in [6.45, 7) is 13.6. The minimum absolute atomic E-state index is 0.363. The Bertz CT molecular complexity index is 409. The Kier molecular flexibility index (Phi) is 4.64. The fourth-order valence-corrected chi connectivity index (χ4v) is 2.54. The van der Waals surface area contributed by atoms with Crippen LogP contribution >= 0.6 is 0 Å². The highest BCUT2D eigenvalue weighted by Crippen LogP contribution is 2.26. The molecule has 0 radical (unpaired) electrons. The molecule has 0 aromatic heterocycles. The molecule has 2 nitrogen and oxygen atoms in total. The molecule has 0 saturated carbocycles. The second-order valence-corrected chi connectivity index (χ2v) is 6.80. The number of benzene rings is 1. The molecule has 0 fully saturated rings. The molecular formula is C17H28N2. The molecule has 2 rings (SSSR count). The van der Waals surface area contributed by atoms with Crippen molar-refractivity contribution in [3.8, 4) is 0 Å². The van der Waals surface area contributed by atoms with Crippen molar-refractivity contribution in [1.29, 1.82) is 0 Å². The van der Waals surface area contributed by atoms with Crippen LogP contribution in [-0.2, 0) is 6.54 Å². The number of rotatable bonds is 5. The fourth-order valence-electron chi connectivity index (χ4n) is 2.54. The number of hydrogen-bond donors (Lipinski definition) is 2. The van der Waals surface area contributed by atoms with E-state index in [1.807, 2.05) is 0 Å². The first kappa shape index (κ1) is 14.5. The lowest BCUT2D eigenvalue weighted by atomic mass is 9.81. The summed E-state index contributed by atoms with van der Waals surface area (Å²) in [5.74, 6) is 1.31. The van der Waals surface area contributed by atoms with Gasteiger partial charge in [0, 0.05) is 32.1 Å². The molecule has 2 heteroatoms. The standard InChI is InChI=1S/C17H28N2/c1-13(2)17(3,4)12-19-11-15-10-18-9-14-7-5-6-8-16(14)15/h5-8,13,15,18-19H,9-12H2,1-4H3. The molecular weight excluding hydrogens is 232 g/mol. The highest BCUT2D eigenvalue weighted by Gasteiger charge is 2.23. The van der Waals surface area contributed by atoms with Crippen LogP contribution in [0, 0.1) is 11.3 Å². The van der Waals surface area contributed by atoms with Gasteiger partial charge < -0.3 is 10.6 Å². The summed E-state index contributed by atoms with van der Waals surface area (Å²) < 4.78 is 0. The summed E-state index contributed by atoms with van der Waals surface area (Å²) in [5.41, 5.74) is 3.35. The molecule has 106 valence electrons. The molecule has 0 amide bonds. The second kappa shape index (κ2) is 6.06. The molecule has 2 N–H and O–H groups in total. The van der Waals surface area contributed by atoms with Gasteiger partial charge >= 0.3 is 0 Å². The Morgan fingerprint density at radius 2 is 2.05 bits per heavy atom. The van der Waals surface area contributed by atoms with Gasteiger partial charge in [-0.2, -0.15) is 0 Å². The summed E-state index contributed by atoms with van der Waals surface area (Å²) in [5, 5.41) is 7.20. The van der Waals surface area contributed by atoms with Crippen LogP contribution in [0.4, 0.5) is 0 Å². The van der Waals surface area contributed by atoms with Gasteiger partial charge in [0.25, 0.3) is 0 Å². The molecule has 0 spiro atoms. The van der Waals surface area contributed by atoms with E-state index in [1.165, 1.54) is 11.1 Å². The van der Waals surface area contributed by atoms with E-state index in [0.717, 1.165) is 26.2 Å². The van der Waals surface area contributed by atoms with Crippen molar-refractivity contribution < 1.29 is 0 Å². The first-order chi connectivity index (χ1) is 9.00. The van der Waals surface area contributed by atoms with Crippen molar-refractivity contribution in [3.63, 3.8) is 0 Å². The number of hydrogen-bond acceptors (Lipinski definition) is 2. The van der Waals surface area contributed by atoms with Gasteiger partial charge in [0.15, 0.2) is 0 Å². The third kappa shape index (κ3) is 3.58. The fraction of sp³-hybridized carbons (Fsp3) is 0.647. The van der Waals surface area contributed by atoms with Crippen LogP contribution in [0.25, 0.3) is 0 Å². The first-order valence-corrected chi connectivity index (χ1v) is 7.50. The van der Waals surface area contributed by atoms with E-state index in [2.05, 4.69) is 62.6 Å². The van der Waals surface area contributed by atoms with Gasteiger partial charge in [-0.25, -0.2) is 0 Å². The quantitative estimate of drug-likeness (QED) is 0.850. The van der Waals surface area contributed by atoms with Crippen LogP contribution in [0.2, 0.25) is 0 Å². The Hall–Kier alpha value is -0.860. The largest absolute Gasteiger partial charge is 0.316 e. The van der Waals surface area contributed by atoms with Crippen molar-refractivity contribution in [2.24, 2.45) is 11.3 Å². The monoisotopic (exact) mass is 260 g/mol. The van der Waals surface area contributed by atoms with E-state index in [1.54, 1.807) is 0 Å². The maximum Gasteiger partial charge on any atom is 0.0208 e. The second-order valence-electron chi connectivity index (χ2n) is 6.80. The predicted octanol–water partition coefficient (Wildman–Crippen LogP) is 3.15. The van der Waals surface area contributed by atoms with Crippen molar-refractivity contribution in [2.45, 2.75) is 40.2 Å². The maximum atomic E-state index is 3.68. The smallest absolute Gasteiger partial charge is 0.0208 e. The Balaban J connectivity index is 1.91. The summed E-state index contributed by atoms with van der Waals surface area (Å²) in [7, 11) is 0. The van der Waals surface area contributed by atoms with E-state index < -0.39 is 0 Å². The number of fused-ring (bicyclic) bond motifs is 1. The summed E-state index contributed by atoms with van der Waals surface area (Å²) >= 11 is 0. The Morgan fingerprint density at radius 1 is 1.32 bits per heavy atom. The lowest BCUT2D eigenvalue weighted by molar-refractivity contribution is 0.236. The molecule has 1 aromatic rings. The molecule has 1 atom stereocenters. The van der Waals surface area contributed by atoms with Crippen molar-refractivity contribution >= 4 is 0 Å². The summed E-state index contributed by atoms with van der Waals surface area (Å²) in [6.07, 6.45) is 0. The minimum atomic E-state index is 0.363. The molecule has 1 unspecified atom stereocenters. The molecule has 19 heavy (non-hydrogen) atoms. The van der Waals surface area contributed by atoms with Gasteiger partial charge in [0.2, 0.25) is 0 Å². The van der Waals surface area contributed by atoms with Crippen LogP contribution in [0.1, 0.15) is 44.7 Å². The van der Waals surface area contributed by atoms with Crippen molar-refractivity contribution in [2.75, 3.05) is 19.6 Å². The van der Waals surface area contributed by atoms with Crippen molar-refractivity contribution in [1.82, 2.24) is 10.6 Å². The number of nitrogens with one attached hydrogen (secondary N) is 2. The molecule has 1 aromatic carbocycles. The normalized spacial score (nSPS) is 19.5. The highest BCUT2D eigenvalue weighted by atomic mass is 14.9. The SMILES string of the molecule is CC(C)C(C)(C)CNCC1CNCc2ccccc21. The zero-order valence-electron chi connectivity index (χ0n) is 12.8. The van der Waals surface area contributed by atoms with Gasteiger partial charge in [0.05, 0.1) is 0 Å². The third-order valence-electron chi connectivity index (χ3n) is 4.74. The van der Waals surface area contributed by atoms with Gasteiger partial charge in [-0.1, -0.05) is 52.0 Å². The summed E-state index contributed by atoms with van der Waals surface area (Å²) in [4.78, 5) is 0. The van der Waals surface area contributed by atoms with E-state index in [4.69, 9.17) is 0 Å². The van der Waals surface area contributed by atoms with Crippen molar-refractivity contribution in [3.05, 3.63) is 35.4 Å². The highest BCUT2D eigenvalue weighted by molar-refractivity contribution is 5.32. The van der Waals surface area contributed by atoms with Gasteiger partial charge in [0.1, 0.15) is 0 Å². The maximum absolute atomic E-state index is 3.68. The third-order valence-corrected chi connectivity index (χ3v) is 4.74. The molecule has 1 aliphatic rings. The lowest BCUT2D eigenvalue weighted by Crippen LogP contribution is -2.39. The van der Waals surface area contributed by atoms with Crippen LogP contribution in [0.15, 0.2) is 24.3 Å². The van der Waals surface area contributed by atoms with Crippen LogP contribution in [0.5, 0.6) is 0 Å². The van der Waals surface area contributed by atoms with Crippen LogP contribution in [-0.4, -0.2) is 19.6 Å². The predicted molar refractivity (Wildman–Crippen MR) is 82.4 cm³/mol. The minimum Gasteiger partial charge on any atom is -0.316 e. The van der Waals surface area contributed by atoms with Gasteiger partial charge in [-0.05, 0) is 22.5 Å². The van der Waals surface area contributed by atoms with E-state index in [0.29, 0.717) is 17.3 Å². The van der Waals surface area contributed by atoms with Crippen LogP contribution < -0.4 is 10.6 Å². The van der Waals surface area contributed by atoms with E-state index in [9.17, 15) is 0 Å². The van der Waals surface area contributed by atoms with Gasteiger partial charge in [-0.3, -0.25) is 0 Å². The summed E-state index contributed by atoms with van der Waals surface area (Å²) in [6, 6.07) is 8.83. The average molecular weight is 260 g/mol. The molecule has 0 aliphatic carbocycles. The Labute approximate surface area is 118 Å². The Morgan fingerprint density at radius 3 is 2.79 bits per heavy atom. The van der Waals surface area contributed by atoms with E-state index >= 15 is 0 Å². The average Bonchev–Trinajstić information content (AvgIpc) is 2.38. The van der Waals surface area contributed by atoms with Crippen LogP contribution in [0.3, 0.4) is 0 Å². The molecule has 0 bridgehead atoms. The molecule has 1 aliphatic heterocycles. The zero-order valence-corrected chi connectivity index (χ0v) is 12.8. The van der Waals surface area contributed by atoms with E-state index in [-0.39, 0.29) is 0 Å². The molecule has 0 saturated heterocycles. The van der Waals surface area contributed by atoms with Gasteiger partial charge in [-0.15, -0.1) is 0 Å². The first-order valence-electron chi connectivity index (χ1n) is 7.50. The zero-order chi connectivity index (χ0) is 13.9. The lowest BCUT2D eigenvalue weighted by Gasteiger charge is -2.32. The topological polar surface area (TPSA) is 24.1 Å². The molecule has 1 heterocycles.